The van der Waals surface area contributed by atoms with Gasteiger partial charge in [-0.2, -0.15) is 0 Å². The number of aryl methyl sites for hydroxylation is 1. The molecule has 4 rings (SSSR count). The zero-order valence-corrected chi connectivity index (χ0v) is 15.8. The van der Waals surface area contributed by atoms with Crippen LogP contribution in [0.2, 0.25) is 0 Å². The number of benzene rings is 2. The number of anilines is 1. The van der Waals surface area contributed by atoms with Gasteiger partial charge in [0.1, 0.15) is 12.0 Å². The summed E-state index contributed by atoms with van der Waals surface area (Å²) in [6, 6.07) is 14.6. The van der Waals surface area contributed by atoms with E-state index in [2.05, 4.69) is 17.8 Å². The molecule has 0 aromatic heterocycles. The largest absolute Gasteiger partial charge is 0.274 e. The standard InChI is InChI=1S/C20H21FN4OS/c1-2-13-7-9-15(10-8-13)25-19(26)16-11-22-24-18(16)23-20(25)27-12-14-5-3-4-6-17(14)21/h3-10,16,18,22,24H,2,11-12H2,1H3. The lowest BCUT2D eigenvalue weighted by atomic mass is 10.0. The highest BCUT2D eigenvalue weighted by atomic mass is 32.2. The SMILES string of the molecule is CCc1ccc(N2C(=O)C3CNNC3N=C2SCc2ccccc2F)cc1. The lowest BCUT2D eigenvalue weighted by molar-refractivity contribution is -0.121. The number of nitrogens with zero attached hydrogens (tertiary/aromatic N) is 2. The number of hydrogen-bond acceptors (Lipinski definition) is 5. The molecule has 1 amide bonds. The van der Waals surface area contributed by atoms with Crippen molar-refractivity contribution in [1.29, 1.82) is 0 Å². The molecule has 2 N–H and O–H groups in total. The van der Waals surface area contributed by atoms with E-state index in [9.17, 15) is 9.18 Å². The van der Waals surface area contributed by atoms with Gasteiger partial charge in [0.05, 0.1) is 11.6 Å². The van der Waals surface area contributed by atoms with Crippen LogP contribution in [0, 0.1) is 11.7 Å². The molecule has 0 bridgehead atoms. The quantitative estimate of drug-likeness (QED) is 0.851. The molecule has 0 aliphatic carbocycles. The van der Waals surface area contributed by atoms with Gasteiger partial charge in [0.2, 0.25) is 5.91 Å². The summed E-state index contributed by atoms with van der Waals surface area (Å²) >= 11 is 1.38. The van der Waals surface area contributed by atoms with Crippen molar-refractivity contribution in [2.75, 3.05) is 11.4 Å². The zero-order valence-electron chi connectivity index (χ0n) is 15.0. The molecule has 0 spiro atoms. The van der Waals surface area contributed by atoms with Crippen molar-refractivity contribution in [2.45, 2.75) is 25.3 Å². The van der Waals surface area contributed by atoms with Crippen molar-refractivity contribution in [3.05, 3.63) is 65.5 Å². The number of rotatable bonds is 4. The highest BCUT2D eigenvalue weighted by molar-refractivity contribution is 8.13. The molecule has 1 fully saturated rings. The highest BCUT2D eigenvalue weighted by Crippen LogP contribution is 2.31. The van der Waals surface area contributed by atoms with Gasteiger partial charge >= 0.3 is 0 Å². The van der Waals surface area contributed by atoms with Crippen LogP contribution in [0.5, 0.6) is 0 Å². The number of nitrogens with one attached hydrogen (secondary N) is 2. The summed E-state index contributed by atoms with van der Waals surface area (Å²) in [6.07, 6.45) is 0.655. The molecule has 2 unspecified atom stereocenters. The minimum atomic E-state index is -0.285. The van der Waals surface area contributed by atoms with Gasteiger partial charge in [0.15, 0.2) is 5.17 Å². The first-order valence-electron chi connectivity index (χ1n) is 9.02. The molecule has 2 atom stereocenters. The normalized spacial score (nSPS) is 21.9. The van der Waals surface area contributed by atoms with Crippen molar-refractivity contribution in [1.82, 2.24) is 10.9 Å². The lowest BCUT2D eigenvalue weighted by Gasteiger charge is -2.32. The Hall–Kier alpha value is -2.22. The van der Waals surface area contributed by atoms with E-state index >= 15 is 0 Å². The molecule has 7 heteroatoms. The number of hydrogen-bond donors (Lipinski definition) is 2. The summed E-state index contributed by atoms with van der Waals surface area (Å²) in [4.78, 5) is 19.5. The van der Waals surface area contributed by atoms with Crippen molar-refractivity contribution >= 4 is 28.5 Å². The average molecular weight is 384 g/mol. The van der Waals surface area contributed by atoms with E-state index < -0.39 is 0 Å². The van der Waals surface area contributed by atoms with Crippen LogP contribution in [0.3, 0.4) is 0 Å². The van der Waals surface area contributed by atoms with Gasteiger partial charge in [-0.25, -0.2) is 14.8 Å². The molecular weight excluding hydrogens is 363 g/mol. The van der Waals surface area contributed by atoms with E-state index in [1.54, 1.807) is 17.0 Å². The summed E-state index contributed by atoms with van der Waals surface area (Å²) in [7, 11) is 0. The topological polar surface area (TPSA) is 56.7 Å². The number of amidine groups is 1. The monoisotopic (exact) mass is 384 g/mol. The van der Waals surface area contributed by atoms with E-state index in [0.29, 0.717) is 23.0 Å². The van der Waals surface area contributed by atoms with Crippen LogP contribution in [0.25, 0.3) is 0 Å². The maximum atomic E-state index is 14.0. The summed E-state index contributed by atoms with van der Waals surface area (Å²) in [5, 5.41) is 0.588. The van der Waals surface area contributed by atoms with Crippen molar-refractivity contribution in [3.8, 4) is 0 Å². The molecule has 2 aromatic carbocycles. The van der Waals surface area contributed by atoms with Crippen molar-refractivity contribution in [2.24, 2.45) is 10.9 Å². The average Bonchev–Trinajstić information content (AvgIpc) is 3.17. The number of thioether (sulfide) groups is 1. The van der Waals surface area contributed by atoms with Gasteiger partial charge in [-0.1, -0.05) is 49.0 Å². The predicted molar refractivity (Wildman–Crippen MR) is 107 cm³/mol. The van der Waals surface area contributed by atoms with Crippen LogP contribution in [0.15, 0.2) is 53.5 Å². The number of carbonyl (C=O) groups excluding carboxylic acids is 1. The van der Waals surface area contributed by atoms with Gasteiger partial charge in [0, 0.05) is 12.3 Å². The first-order valence-corrected chi connectivity index (χ1v) is 10.0. The fraction of sp³-hybridized carbons (Fsp3) is 0.300. The molecule has 2 heterocycles. The summed E-state index contributed by atoms with van der Waals surface area (Å²) in [5.74, 6) is -0.0702. The molecule has 2 aliphatic heterocycles. The van der Waals surface area contributed by atoms with Crippen LogP contribution in [-0.2, 0) is 17.0 Å². The van der Waals surface area contributed by atoms with Gasteiger partial charge in [-0.15, -0.1) is 0 Å². The molecule has 2 aliphatic rings. The van der Waals surface area contributed by atoms with Crippen molar-refractivity contribution < 1.29 is 9.18 Å². The van der Waals surface area contributed by atoms with Crippen molar-refractivity contribution in [3.63, 3.8) is 0 Å². The van der Waals surface area contributed by atoms with Crippen LogP contribution < -0.4 is 15.8 Å². The smallest absolute Gasteiger partial charge is 0.241 e. The van der Waals surface area contributed by atoms with Gasteiger partial charge in [-0.3, -0.25) is 15.1 Å². The third-order valence-electron chi connectivity index (χ3n) is 4.85. The van der Waals surface area contributed by atoms with E-state index in [1.807, 2.05) is 30.3 Å². The Morgan fingerprint density at radius 1 is 1.22 bits per heavy atom. The number of carbonyl (C=O) groups is 1. The molecule has 140 valence electrons. The maximum Gasteiger partial charge on any atom is 0.241 e. The lowest BCUT2D eigenvalue weighted by Crippen LogP contribution is -2.49. The fourth-order valence-corrected chi connectivity index (χ4v) is 4.28. The number of fused-ring (bicyclic) bond motifs is 1. The molecule has 0 radical (unpaired) electrons. The van der Waals surface area contributed by atoms with E-state index in [4.69, 9.17) is 4.99 Å². The second kappa shape index (κ2) is 7.80. The molecule has 2 aromatic rings. The summed E-state index contributed by atoms with van der Waals surface area (Å²) in [5.41, 5.74) is 8.66. The van der Waals surface area contributed by atoms with E-state index in [1.165, 1.54) is 23.4 Å². The number of aliphatic imine (C=N–C) groups is 1. The summed E-state index contributed by atoms with van der Waals surface area (Å²) < 4.78 is 14.0. The minimum absolute atomic E-state index is 0.00721. The highest BCUT2D eigenvalue weighted by Gasteiger charge is 2.42. The number of halogens is 1. The molecule has 1 saturated heterocycles. The number of amides is 1. The summed E-state index contributed by atoms with van der Waals surface area (Å²) in [6.45, 7) is 2.64. The van der Waals surface area contributed by atoms with Crippen LogP contribution in [0.4, 0.5) is 10.1 Å². The Balaban J connectivity index is 1.64. The molecular formula is C20H21FN4OS. The first kappa shape index (κ1) is 18.2. The predicted octanol–water partition coefficient (Wildman–Crippen LogP) is 3.07. The second-order valence-corrected chi connectivity index (χ2v) is 7.50. The van der Waals surface area contributed by atoms with Crippen LogP contribution in [-0.4, -0.2) is 23.8 Å². The van der Waals surface area contributed by atoms with Gasteiger partial charge in [-0.05, 0) is 35.7 Å². The Bertz CT molecular complexity index is 871. The fourth-order valence-electron chi connectivity index (χ4n) is 3.25. The van der Waals surface area contributed by atoms with E-state index in [-0.39, 0.29) is 23.8 Å². The molecule has 5 nitrogen and oxygen atoms in total. The first-order chi connectivity index (χ1) is 13.2. The Morgan fingerprint density at radius 2 is 2.00 bits per heavy atom. The minimum Gasteiger partial charge on any atom is -0.274 e. The third kappa shape index (κ3) is 3.63. The van der Waals surface area contributed by atoms with Gasteiger partial charge < -0.3 is 0 Å². The maximum absolute atomic E-state index is 14.0. The molecule has 0 saturated carbocycles. The Labute approximate surface area is 162 Å². The second-order valence-electron chi connectivity index (χ2n) is 6.56. The zero-order chi connectivity index (χ0) is 18.8. The van der Waals surface area contributed by atoms with Crippen LogP contribution >= 0.6 is 11.8 Å². The van der Waals surface area contributed by atoms with Crippen LogP contribution in [0.1, 0.15) is 18.1 Å². The van der Waals surface area contributed by atoms with E-state index in [0.717, 1.165) is 12.1 Å². The third-order valence-corrected chi connectivity index (χ3v) is 5.85. The molecule has 27 heavy (non-hydrogen) atoms. The number of hydrazine groups is 1. The Morgan fingerprint density at radius 3 is 2.74 bits per heavy atom. The van der Waals surface area contributed by atoms with Gasteiger partial charge in [0.25, 0.3) is 0 Å². The Kier molecular flexibility index (Phi) is 5.24.